The second kappa shape index (κ2) is 10.2. The molecule has 11 nitrogen and oxygen atoms in total. The van der Waals surface area contributed by atoms with Crippen molar-refractivity contribution in [3.05, 3.63) is 71.6 Å². The zero-order chi connectivity index (χ0) is 25.9. The van der Waals surface area contributed by atoms with E-state index in [0.29, 0.717) is 32.0 Å². The maximum Gasteiger partial charge on any atom is 0.317 e. The number of aromatic nitrogens is 6. The summed E-state index contributed by atoms with van der Waals surface area (Å²) in [4.78, 5) is 26.0. The number of amides is 2. The monoisotopic (exact) mass is 504 g/mol. The van der Waals surface area contributed by atoms with Crippen LogP contribution in [0, 0.1) is 19.7 Å². The standard InChI is InChI=1S/C25H29FN10O/c1-16-10-21(30-22-12-17(2)32-33-22)31-24(11-16)34-6-8-35(9-7-34)25(37)29-18(3)19-4-5-23(27-13-19)36-15-20(26)14-28-36/h4-5,10-15,18H,6-9H2,1-3H3,(H,29,37)(H2,30,31,32,33). The second-order valence-corrected chi connectivity index (χ2v) is 9.15. The van der Waals surface area contributed by atoms with Crippen molar-refractivity contribution >= 4 is 23.5 Å². The van der Waals surface area contributed by atoms with Gasteiger partial charge in [-0.3, -0.25) is 5.10 Å². The highest BCUT2D eigenvalue weighted by Crippen LogP contribution is 2.22. The quantitative estimate of drug-likeness (QED) is 0.368. The third kappa shape index (κ3) is 5.68. The molecule has 1 atom stereocenters. The van der Waals surface area contributed by atoms with Crippen LogP contribution in [-0.2, 0) is 0 Å². The van der Waals surface area contributed by atoms with Crippen molar-refractivity contribution < 1.29 is 9.18 Å². The molecule has 0 aromatic carbocycles. The zero-order valence-electron chi connectivity index (χ0n) is 20.9. The Kier molecular flexibility index (Phi) is 6.71. The number of aryl methyl sites for hydroxylation is 2. The highest BCUT2D eigenvalue weighted by atomic mass is 19.1. The van der Waals surface area contributed by atoms with E-state index in [-0.39, 0.29) is 12.1 Å². The van der Waals surface area contributed by atoms with Gasteiger partial charge in [0.1, 0.15) is 11.6 Å². The molecule has 0 saturated carbocycles. The molecule has 1 fully saturated rings. The van der Waals surface area contributed by atoms with Gasteiger partial charge in [-0.15, -0.1) is 0 Å². The fourth-order valence-corrected chi connectivity index (χ4v) is 4.20. The van der Waals surface area contributed by atoms with Crippen molar-refractivity contribution in [3.8, 4) is 5.82 Å². The van der Waals surface area contributed by atoms with E-state index < -0.39 is 5.82 Å². The van der Waals surface area contributed by atoms with Crippen LogP contribution in [0.5, 0.6) is 0 Å². The largest absolute Gasteiger partial charge is 0.353 e. The lowest BCUT2D eigenvalue weighted by Crippen LogP contribution is -2.52. The number of aromatic amines is 1. The fourth-order valence-electron chi connectivity index (χ4n) is 4.20. The number of carbonyl (C=O) groups is 1. The maximum atomic E-state index is 13.2. The molecule has 2 amide bonds. The summed E-state index contributed by atoms with van der Waals surface area (Å²) in [6, 6.07) is 9.18. The molecule has 4 aromatic heterocycles. The van der Waals surface area contributed by atoms with Gasteiger partial charge in [0.05, 0.1) is 18.4 Å². The number of hydrogen-bond acceptors (Lipinski definition) is 7. The molecular weight excluding hydrogens is 475 g/mol. The minimum absolute atomic E-state index is 0.126. The van der Waals surface area contributed by atoms with Gasteiger partial charge in [-0.25, -0.2) is 23.8 Å². The van der Waals surface area contributed by atoms with E-state index in [1.54, 1.807) is 12.3 Å². The van der Waals surface area contributed by atoms with Gasteiger partial charge >= 0.3 is 6.03 Å². The third-order valence-corrected chi connectivity index (χ3v) is 6.21. The number of nitrogens with zero attached hydrogens (tertiary/aromatic N) is 7. The molecule has 0 aliphatic carbocycles. The third-order valence-electron chi connectivity index (χ3n) is 6.21. The Morgan fingerprint density at radius 3 is 2.51 bits per heavy atom. The van der Waals surface area contributed by atoms with Crippen LogP contribution in [0.4, 0.5) is 26.6 Å². The second-order valence-electron chi connectivity index (χ2n) is 9.15. The fraction of sp³-hybridized carbons (Fsp3) is 0.320. The summed E-state index contributed by atoms with van der Waals surface area (Å²) in [5.41, 5.74) is 2.91. The maximum absolute atomic E-state index is 13.2. The Hall–Kier alpha value is -4.48. The molecule has 4 aromatic rings. The Morgan fingerprint density at radius 2 is 1.86 bits per heavy atom. The molecule has 192 valence electrons. The highest BCUT2D eigenvalue weighted by Gasteiger charge is 2.23. The molecule has 1 unspecified atom stereocenters. The van der Waals surface area contributed by atoms with E-state index in [4.69, 9.17) is 4.98 Å². The van der Waals surface area contributed by atoms with Crippen LogP contribution in [0.1, 0.15) is 29.8 Å². The minimum atomic E-state index is -0.425. The SMILES string of the molecule is Cc1cc(Nc2cc(C)[nH]n2)nc(N2CCN(C(=O)NC(C)c3ccc(-n4cc(F)cn4)nc3)CC2)c1. The van der Waals surface area contributed by atoms with Gasteiger partial charge in [0.25, 0.3) is 0 Å². The van der Waals surface area contributed by atoms with E-state index in [2.05, 4.69) is 35.8 Å². The van der Waals surface area contributed by atoms with Gasteiger partial charge < -0.3 is 20.4 Å². The van der Waals surface area contributed by atoms with E-state index in [9.17, 15) is 9.18 Å². The predicted molar refractivity (Wildman–Crippen MR) is 138 cm³/mol. The summed E-state index contributed by atoms with van der Waals surface area (Å²) < 4.78 is 14.6. The van der Waals surface area contributed by atoms with E-state index in [1.165, 1.54) is 10.9 Å². The first kappa shape index (κ1) is 24.2. The Labute approximate surface area is 213 Å². The number of H-pyrrole nitrogens is 1. The number of pyridine rings is 2. The normalized spacial score (nSPS) is 14.5. The number of halogens is 1. The summed E-state index contributed by atoms with van der Waals surface area (Å²) in [7, 11) is 0. The first-order valence-corrected chi connectivity index (χ1v) is 12.1. The topological polar surface area (TPSA) is 120 Å². The van der Waals surface area contributed by atoms with Crippen LogP contribution in [0.15, 0.2) is 48.9 Å². The summed E-state index contributed by atoms with van der Waals surface area (Å²) in [5, 5.41) is 17.3. The van der Waals surface area contributed by atoms with Gasteiger partial charge in [0.15, 0.2) is 17.5 Å². The number of anilines is 3. The van der Waals surface area contributed by atoms with Crippen LogP contribution in [0.2, 0.25) is 0 Å². The van der Waals surface area contributed by atoms with Gasteiger partial charge in [-0.2, -0.15) is 10.2 Å². The number of carbonyl (C=O) groups excluding carboxylic acids is 1. The average molecular weight is 505 g/mol. The zero-order valence-corrected chi connectivity index (χ0v) is 20.9. The molecule has 12 heteroatoms. The van der Waals surface area contributed by atoms with Crippen molar-refractivity contribution in [2.45, 2.75) is 26.8 Å². The molecule has 1 aliphatic heterocycles. The molecule has 3 N–H and O–H groups in total. The molecule has 0 radical (unpaired) electrons. The van der Waals surface area contributed by atoms with Crippen molar-refractivity contribution in [2.75, 3.05) is 36.4 Å². The van der Waals surface area contributed by atoms with Gasteiger partial charge in [-0.05, 0) is 50.1 Å². The predicted octanol–water partition coefficient (Wildman–Crippen LogP) is 3.48. The van der Waals surface area contributed by atoms with Gasteiger partial charge in [0, 0.05) is 44.1 Å². The summed E-state index contributed by atoms with van der Waals surface area (Å²) in [6.07, 6.45) is 4.05. The lowest BCUT2D eigenvalue weighted by molar-refractivity contribution is 0.191. The number of rotatable bonds is 6. The Balaban J connectivity index is 1.16. The van der Waals surface area contributed by atoms with E-state index in [1.807, 2.05) is 49.9 Å². The van der Waals surface area contributed by atoms with Crippen LogP contribution in [0.3, 0.4) is 0 Å². The van der Waals surface area contributed by atoms with Gasteiger partial charge in [0.2, 0.25) is 0 Å². The van der Waals surface area contributed by atoms with Gasteiger partial charge in [-0.1, -0.05) is 6.07 Å². The first-order chi connectivity index (χ1) is 17.8. The highest BCUT2D eigenvalue weighted by molar-refractivity contribution is 5.75. The Morgan fingerprint density at radius 1 is 1.05 bits per heavy atom. The molecule has 5 rings (SSSR count). The number of nitrogens with one attached hydrogen (secondary N) is 3. The first-order valence-electron chi connectivity index (χ1n) is 12.1. The van der Waals surface area contributed by atoms with Crippen LogP contribution >= 0.6 is 0 Å². The lowest BCUT2D eigenvalue weighted by Gasteiger charge is -2.36. The summed E-state index contributed by atoms with van der Waals surface area (Å²) >= 11 is 0. The average Bonchev–Trinajstić information content (AvgIpc) is 3.51. The molecule has 1 aliphatic rings. The number of piperazine rings is 1. The molecule has 37 heavy (non-hydrogen) atoms. The molecular formula is C25H29FN10O. The van der Waals surface area contributed by atoms with E-state index in [0.717, 1.165) is 40.5 Å². The minimum Gasteiger partial charge on any atom is -0.353 e. The molecule has 0 spiro atoms. The van der Waals surface area contributed by atoms with Crippen molar-refractivity contribution in [1.29, 1.82) is 0 Å². The Bertz CT molecular complexity index is 1370. The molecule has 0 bridgehead atoms. The van der Waals surface area contributed by atoms with Crippen molar-refractivity contribution in [2.24, 2.45) is 0 Å². The molecule has 5 heterocycles. The number of urea groups is 1. The molecule has 1 saturated heterocycles. The number of hydrogen-bond donors (Lipinski definition) is 3. The lowest BCUT2D eigenvalue weighted by atomic mass is 10.1. The van der Waals surface area contributed by atoms with Crippen LogP contribution in [-0.4, -0.2) is 67.1 Å². The smallest absolute Gasteiger partial charge is 0.317 e. The van der Waals surface area contributed by atoms with Crippen LogP contribution < -0.4 is 15.5 Å². The van der Waals surface area contributed by atoms with E-state index >= 15 is 0 Å². The summed E-state index contributed by atoms with van der Waals surface area (Å²) in [6.45, 7) is 8.40. The summed E-state index contributed by atoms with van der Waals surface area (Å²) in [5.74, 6) is 2.40. The van der Waals surface area contributed by atoms with Crippen molar-refractivity contribution in [1.82, 2.24) is 40.2 Å². The van der Waals surface area contributed by atoms with Crippen LogP contribution in [0.25, 0.3) is 5.82 Å². The van der Waals surface area contributed by atoms with Crippen molar-refractivity contribution in [3.63, 3.8) is 0 Å².